The van der Waals surface area contributed by atoms with E-state index in [-0.39, 0.29) is 6.10 Å². The third-order valence-corrected chi connectivity index (χ3v) is 3.94. The molecule has 0 spiro atoms. The van der Waals surface area contributed by atoms with Crippen LogP contribution in [-0.4, -0.2) is 20.8 Å². The van der Waals surface area contributed by atoms with Crippen LogP contribution in [0, 0.1) is 0 Å². The van der Waals surface area contributed by atoms with Gasteiger partial charge in [0.25, 0.3) is 0 Å². The molecular weight excluding hydrogens is 236 g/mol. The Morgan fingerprint density at radius 2 is 2.16 bits per heavy atom. The van der Waals surface area contributed by atoms with Crippen LogP contribution < -0.4 is 0 Å². The van der Waals surface area contributed by atoms with Crippen molar-refractivity contribution in [1.29, 1.82) is 0 Å². The number of imidazole rings is 1. The molecule has 0 fully saturated rings. The van der Waals surface area contributed by atoms with Crippen molar-refractivity contribution in [2.75, 3.05) is 0 Å². The molecule has 100 valence electrons. The van der Waals surface area contributed by atoms with Crippen LogP contribution in [0.25, 0.3) is 11.0 Å². The topological polar surface area (TPSA) is 38.0 Å². The van der Waals surface area contributed by atoms with Crippen molar-refractivity contribution in [2.45, 2.75) is 38.2 Å². The SMILES string of the molecule is Cn1c(CC2=CC(O)CCCC2)nc2ccccc21. The Morgan fingerprint density at radius 1 is 1.32 bits per heavy atom. The molecule has 1 unspecified atom stereocenters. The minimum absolute atomic E-state index is 0.271. The zero-order valence-corrected chi connectivity index (χ0v) is 11.3. The van der Waals surface area contributed by atoms with E-state index < -0.39 is 0 Å². The normalized spacial score (nSPS) is 20.3. The van der Waals surface area contributed by atoms with Gasteiger partial charge in [-0.15, -0.1) is 0 Å². The Hall–Kier alpha value is -1.61. The molecule has 3 rings (SSSR count). The van der Waals surface area contributed by atoms with E-state index in [1.807, 2.05) is 18.2 Å². The van der Waals surface area contributed by atoms with Gasteiger partial charge in [0.05, 0.1) is 17.1 Å². The molecule has 0 radical (unpaired) electrons. The third-order valence-electron chi connectivity index (χ3n) is 3.94. The Balaban J connectivity index is 1.90. The first-order valence-corrected chi connectivity index (χ1v) is 7.02. The lowest BCUT2D eigenvalue weighted by atomic mass is 10.1. The zero-order chi connectivity index (χ0) is 13.2. The van der Waals surface area contributed by atoms with Gasteiger partial charge in [-0.05, 0) is 31.4 Å². The van der Waals surface area contributed by atoms with Crippen molar-refractivity contribution in [1.82, 2.24) is 9.55 Å². The monoisotopic (exact) mass is 256 g/mol. The molecule has 1 aromatic heterocycles. The quantitative estimate of drug-likeness (QED) is 0.839. The Morgan fingerprint density at radius 3 is 3.00 bits per heavy atom. The number of allylic oxidation sites excluding steroid dienone is 1. The molecule has 3 nitrogen and oxygen atoms in total. The summed E-state index contributed by atoms with van der Waals surface area (Å²) in [6.45, 7) is 0. The standard InChI is InChI=1S/C16H20N2O/c1-18-15-9-5-4-8-14(15)17-16(18)11-12-6-2-3-7-13(19)10-12/h4-5,8-10,13,19H,2-3,6-7,11H2,1H3. The van der Waals surface area contributed by atoms with E-state index in [1.54, 1.807) is 0 Å². The van der Waals surface area contributed by atoms with Crippen molar-refractivity contribution in [3.63, 3.8) is 0 Å². The molecule has 1 aliphatic rings. The highest BCUT2D eigenvalue weighted by Gasteiger charge is 2.13. The summed E-state index contributed by atoms with van der Waals surface area (Å²) in [5, 5.41) is 9.84. The molecule has 1 heterocycles. The first-order valence-electron chi connectivity index (χ1n) is 7.02. The lowest BCUT2D eigenvalue weighted by Gasteiger charge is -2.06. The molecule has 0 aliphatic heterocycles. The van der Waals surface area contributed by atoms with Crippen molar-refractivity contribution < 1.29 is 5.11 Å². The lowest BCUT2D eigenvalue weighted by Crippen LogP contribution is -2.03. The molecule has 0 saturated heterocycles. The summed E-state index contributed by atoms with van der Waals surface area (Å²) >= 11 is 0. The van der Waals surface area contributed by atoms with Crippen LogP contribution >= 0.6 is 0 Å². The summed E-state index contributed by atoms with van der Waals surface area (Å²) in [6, 6.07) is 8.22. The Labute approximate surface area is 113 Å². The number of para-hydroxylation sites is 2. The van der Waals surface area contributed by atoms with Gasteiger partial charge in [0.2, 0.25) is 0 Å². The van der Waals surface area contributed by atoms with Crippen molar-refractivity contribution in [3.05, 3.63) is 41.7 Å². The highest BCUT2D eigenvalue weighted by atomic mass is 16.3. The predicted molar refractivity (Wildman–Crippen MR) is 77.0 cm³/mol. The number of aliphatic hydroxyl groups excluding tert-OH is 1. The fraction of sp³-hybridized carbons (Fsp3) is 0.438. The average Bonchev–Trinajstić information content (AvgIpc) is 2.58. The minimum atomic E-state index is -0.271. The number of rotatable bonds is 2. The summed E-state index contributed by atoms with van der Waals surface area (Å²) in [7, 11) is 2.07. The van der Waals surface area contributed by atoms with Crippen LogP contribution in [0.5, 0.6) is 0 Å². The highest BCUT2D eigenvalue weighted by Crippen LogP contribution is 2.22. The van der Waals surface area contributed by atoms with Crippen molar-refractivity contribution in [2.24, 2.45) is 7.05 Å². The minimum Gasteiger partial charge on any atom is -0.389 e. The van der Waals surface area contributed by atoms with Crippen molar-refractivity contribution >= 4 is 11.0 Å². The van der Waals surface area contributed by atoms with E-state index in [4.69, 9.17) is 4.98 Å². The number of hydrogen-bond donors (Lipinski definition) is 1. The number of aryl methyl sites for hydroxylation is 1. The van der Waals surface area contributed by atoms with E-state index in [0.717, 1.165) is 37.0 Å². The predicted octanol–water partition coefficient (Wildman–Crippen LogP) is 2.98. The smallest absolute Gasteiger partial charge is 0.113 e. The van der Waals surface area contributed by atoms with Crippen LogP contribution in [0.4, 0.5) is 0 Å². The summed E-state index contributed by atoms with van der Waals surface area (Å²) in [5.74, 6) is 1.08. The van der Waals surface area contributed by atoms with Gasteiger partial charge >= 0.3 is 0 Å². The molecule has 0 amide bonds. The molecular formula is C16H20N2O. The van der Waals surface area contributed by atoms with E-state index in [9.17, 15) is 5.11 Å². The van der Waals surface area contributed by atoms with Crippen LogP contribution in [-0.2, 0) is 13.5 Å². The summed E-state index contributed by atoms with van der Waals surface area (Å²) in [4.78, 5) is 4.70. The second-order valence-electron chi connectivity index (χ2n) is 5.39. The van der Waals surface area contributed by atoms with Gasteiger partial charge in [0.1, 0.15) is 5.82 Å². The van der Waals surface area contributed by atoms with E-state index >= 15 is 0 Å². The summed E-state index contributed by atoms with van der Waals surface area (Å²) < 4.78 is 2.16. The zero-order valence-electron chi connectivity index (χ0n) is 11.3. The fourth-order valence-corrected chi connectivity index (χ4v) is 2.85. The fourth-order valence-electron chi connectivity index (χ4n) is 2.85. The molecule has 1 atom stereocenters. The molecule has 2 aromatic rings. The van der Waals surface area contributed by atoms with Crippen molar-refractivity contribution in [3.8, 4) is 0 Å². The Bertz CT molecular complexity index is 612. The number of aromatic nitrogens is 2. The van der Waals surface area contributed by atoms with Gasteiger partial charge in [-0.2, -0.15) is 0 Å². The highest BCUT2D eigenvalue weighted by molar-refractivity contribution is 5.75. The van der Waals surface area contributed by atoms with Gasteiger partial charge in [-0.3, -0.25) is 0 Å². The number of benzene rings is 1. The number of aliphatic hydroxyl groups is 1. The molecule has 0 saturated carbocycles. The van der Waals surface area contributed by atoms with E-state index in [1.165, 1.54) is 17.5 Å². The second-order valence-corrected chi connectivity index (χ2v) is 5.39. The van der Waals surface area contributed by atoms with E-state index in [2.05, 4.69) is 23.7 Å². The maximum Gasteiger partial charge on any atom is 0.113 e. The first kappa shape index (κ1) is 12.4. The van der Waals surface area contributed by atoms with Crippen LogP contribution in [0.15, 0.2) is 35.9 Å². The van der Waals surface area contributed by atoms with Crippen LogP contribution in [0.1, 0.15) is 31.5 Å². The van der Waals surface area contributed by atoms with Gasteiger partial charge < -0.3 is 9.67 Å². The van der Waals surface area contributed by atoms with E-state index in [0.29, 0.717) is 0 Å². The maximum atomic E-state index is 9.84. The average molecular weight is 256 g/mol. The molecule has 1 aromatic carbocycles. The number of hydrogen-bond acceptors (Lipinski definition) is 2. The molecule has 0 bridgehead atoms. The van der Waals surface area contributed by atoms with Crippen LogP contribution in [0.3, 0.4) is 0 Å². The Kier molecular flexibility index (Phi) is 3.38. The van der Waals surface area contributed by atoms with Gasteiger partial charge in [0, 0.05) is 13.5 Å². The molecule has 1 aliphatic carbocycles. The van der Waals surface area contributed by atoms with Crippen LogP contribution in [0.2, 0.25) is 0 Å². The largest absolute Gasteiger partial charge is 0.389 e. The maximum absolute atomic E-state index is 9.84. The molecule has 3 heteroatoms. The van der Waals surface area contributed by atoms with Gasteiger partial charge in [-0.1, -0.05) is 30.2 Å². The second kappa shape index (κ2) is 5.17. The van der Waals surface area contributed by atoms with Gasteiger partial charge in [0.15, 0.2) is 0 Å². The van der Waals surface area contributed by atoms with Gasteiger partial charge in [-0.25, -0.2) is 4.98 Å². The first-order chi connectivity index (χ1) is 9.24. The lowest BCUT2D eigenvalue weighted by molar-refractivity contribution is 0.211. The summed E-state index contributed by atoms with van der Waals surface area (Å²) in [5.41, 5.74) is 3.55. The molecule has 1 N–H and O–H groups in total. The number of nitrogens with zero attached hydrogens (tertiary/aromatic N) is 2. The summed E-state index contributed by atoms with van der Waals surface area (Å²) in [6.07, 6.45) is 6.88. The number of fused-ring (bicyclic) bond motifs is 1. The molecule has 19 heavy (non-hydrogen) atoms. The third kappa shape index (κ3) is 2.56.